The maximum absolute atomic E-state index is 13.6. The molecule has 1 aromatic heterocycles. The molecule has 0 saturated carbocycles. The molecule has 3 aromatic carbocycles. The molecule has 0 aliphatic carbocycles. The first-order valence-corrected chi connectivity index (χ1v) is 12.0. The summed E-state index contributed by atoms with van der Waals surface area (Å²) in [5.41, 5.74) is 3.86. The van der Waals surface area contributed by atoms with Crippen LogP contribution in [0, 0.1) is 3.57 Å². The average Bonchev–Trinajstić information content (AvgIpc) is 3.09. The van der Waals surface area contributed by atoms with Crippen LogP contribution in [0.1, 0.15) is 30.3 Å². The molecule has 0 fully saturated rings. The maximum atomic E-state index is 13.6. The molecule has 5 rings (SSSR count). The largest absolute Gasteiger partial charge is 0.308 e. The van der Waals surface area contributed by atoms with Crippen molar-refractivity contribution in [3.63, 3.8) is 0 Å². The topological polar surface area (TPSA) is 55.2 Å². The Balaban J connectivity index is 1.73. The molecule has 4 aromatic rings. The zero-order valence-electron chi connectivity index (χ0n) is 18.2. The van der Waals surface area contributed by atoms with E-state index in [0.717, 1.165) is 26.8 Å². The van der Waals surface area contributed by atoms with Gasteiger partial charge in [0.15, 0.2) is 0 Å². The molecule has 5 nitrogen and oxygen atoms in total. The van der Waals surface area contributed by atoms with E-state index in [2.05, 4.69) is 29.5 Å². The molecule has 1 aliphatic heterocycles. The van der Waals surface area contributed by atoms with Gasteiger partial charge in [0.05, 0.1) is 28.7 Å². The highest BCUT2D eigenvalue weighted by molar-refractivity contribution is 14.1. The van der Waals surface area contributed by atoms with Gasteiger partial charge in [-0.3, -0.25) is 14.2 Å². The van der Waals surface area contributed by atoms with Crippen molar-refractivity contribution >= 4 is 56.7 Å². The summed E-state index contributed by atoms with van der Waals surface area (Å²) in [5, 5.41) is 0.575. The molecule has 0 unspecified atom stereocenters. The van der Waals surface area contributed by atoms with E-state index in [9.17, 15) is 9.59 Å². The van der Waals surface area contributed by atoms with Crippen molar-refractivity contribution < 1.29 is 4.79 Å². The van der Waals surface area contributed by atoms with Crippen LogP contribution in [0.5, 0.6) is 0 Å². The molecule has 0 bridgehead atoms. The second-order valence-electron chi connectivity index (χ2n) is 8.04. The Kier molecular flexibility index (Phi) is 5.85. The number of para-hydroxylation sites is 1. The number of carbonyl (C=O) groups is 1. The first-order chi connectivity index (χ1) is 16.1. The van der Waals surface area contributed by atoms with E-state index in [1.165, 1.54) is 0 Å². The minimum absolute atomic E-state index is 0.0544. The summed E-state index contributed by atoms with van der Waals surface area (Å²) in [6.07, 6.45) is 2.64. The number of anilines is 1. The SMILES string of the molecule is CCCN1C(=O)/C(=C\c2nc3ccc(I)cc3c(=O)n2Cc2ccccc2)c2ccccc21. The number of halogens is 1. The smallest absolute Gasteiger partial charge is 0.261 e. The van der Waals surface area contributed by atoms with Gasteiger partial charge in [-0.15, -0.1) is 0 Å². The molecule has 0 radical (unpaired) electrons. The Hall–Kier alpha value is -3.26. The van der Waals surface area contributed by atoms with Crippen molar-refractivity contribution in [3.05, 3.63) is 104 Å². The van der Waals surface area contributed by atoms with Crippen LogP contribution >= 0.6 is 22.6 Å². The summed E-state index contributed by atoms with van der Waals surface area (Å²) in [6, 6.07) is 23.3. The summed E-state index contributed by atoms with van der Waals surface area (Å²) >= 11 is 2.20. The van der Waals surface area contributed by atoms with Gasteiger partial charge < -0.3 is 4.90 Å². The van der Waals surface area contributed by atoms with Crippen LogP contribution in [0.4, 0.5) is 5.69 Å². The van der Waals surface area contributed by atoms with Crippen LogP contribution in [0.2, 0.25) is 0 Å². The van der Waals surface area contributed by atoms with Crippen molar-refractivity contribution in [2.45, 2.75) is 19.9 Å². The zero-order chi connectivity index (χ0) is 22.9. The van der Waals surface area contributed by atoms with E-state index in [0.29, 0.717) is 35.4 Å². The Morgan fingerprint density at radius 2 is 1.73 bits per heavy atom. The third-order valence-corrected chi connectivity index (χ3v) is 6.48. The van der Waals surface area contributed by atoms with Gasteiger partial charge in [-0.05, 0) is 64.9 Å². The number of nitrogens with zero attached hydrogens (tertiary/aromatic N) is 3. The predicted octanol–water partition coefficient (Wildman–Crippen LogP) is 5.35. The van der Waals surface area contributed by atoms with Crippen LogP contribution in [0.25, 0.3) is 22.6 Å². The molecular formula is C27H22IN3O2. The molecule has 0 spiro atoms. The lowest BCUT2D eigenvalue weighted by Gasteiger charge is -2.15. The highest BCUT2D eigenvalue weighted by Gasteiger charge is 2.31. The first kappa shape index (κ1) is 21.6. The lowest BCUT2D eigenvalue weighted by atomic mass is 10.1. The minimum atomic E-state index is -0.113. The summed E-state index contributed by atoms with van der Waals surface area (Å²) < 4.78 is 2.64. The first-order valence-electron chi connectivity index (χ1n) is 10.9. The fourth-order valence-corrected chi connectivity index (χ4v) is 4.75. The van der Waals surface area contributed by atoms with E-state index in [-0.39, 0.29) is 11.5 Å². The van der Waals surface area contributed by atoms with E-state index in [1.807, 2.05) is 77.7 Å². The van der Waals surface area contributed by atoms with Crippen LogP contribution in [0.3, 0.4) is 0 Å². The second kappa shape index (κ2) is 8.94. The third kappa shape index (κ3) is 3.99. The summed E-state index contributed by atoms with van der Waals surface area (Å²) in [4.78, 5) is 33.6. The van der Waals surface area contributed by atoms with Crippen LogP contribution in [-0.2, 0) is 11.3 Å². The molecule has 0 N–H and O–H groups in total. The normalized spacial score (nSPS) is 14.3. The number of benzene rings is 3. The molecule has 1 aliphatic rings. The number of hydrogen-bond donors (Lipinski definition) is 0. The van der Waals surface area contributed by atoms with Crippen LogP contribution in [0.15, 0.2) is 77.6 Å². The Bertz CT molecular complexity index is 1460. The molecule has 6 heteroatoms. The quantitative estimate of drug-likeness (QED) is 0.250. The number of amides is 1. The second-order valence-corrected chi connectivity index (χ2v) is 9.29. The van der Waals surface area contributed by atoms with Gasteiger partial charge in [0.1, 0.15) is 5.82 Å². The van der Waals surface area contributed by atoms with Gasteiger partial charge in [0.25, 0.3) is 11.5 Å². The monoisotopic (exact) mass is 547 g/mol. The fourth-order valence-electron chi connectivity index (χ4n) is 4.26. The van der Waals surface area contributed by atoms with E-state index < -0.39 is 0 Å². The molecule has 0 atom stereocenters. The lowest BCUT2D eigenvalue weighted by molar-refractivity contribution is -0.113. The van der Waals surface area contributed by atoms with Crippen molar-refractivity contribution in [1.29, 1.82) is 0 Å². The van der Waals surface area contributed by atoms with Crippen LogP contribution in [-0.4, -0.2) is 22.0 Å². The summed E-state index contributed by atoms with van der Waals surface area (Å²) in [5.74, 6) is 0.426. The summed E-state index contributed by atoms with van der Waals surface area (Å²) in [7, 11) is 0. The van der Waals surface area contributed by atoms with E-state index in [1.54, 1.807) is 10.6 Å². The van der Waals surface area contributed by atoms with Crippen molar-refractivity contribution in [2.75, 3.05) is 11.4 Å². The zero-order valence-corrected chi connectivity index (χ0v) is 20.3. The minimum Gasteiger partial charge on any atom is -0.308 e. The Labute approximate surface area is 205 Å². The number of fused-ring (bicyclic) bond motifs is 2. The van der Waals surface area contributed by atoms with Crippen molar-refractivity contribution in [1.82, 2.24) is 9.55 Å². The summed E-state index contributed by atoms with van der Waals surface area (Å²) in [6.45, 7) is 3.08. The standard InChI is InChI=1S/C27H22IN3O2/c1-2-14-30-24-11-7-6-10-20(24)21(26(30)32)16-25-29-23-13-12-19(28)15-22(23)27(33)31(25)17-18-8-4-3-5-9-18/h3-13,15-16H,2,14,17H2,1H3/b21-16-. The molecule has 2 heterocycles. The Morgan fingerprint density at radius 1 is 0.970 bits per heavy atom. The molecule has 1 amide bonds. The van der Waals surface area contributed by atoms with Crippen molar-refractivity contribution in [3.8, 4) is 0 Å². The lowest BCUT2D eigenvalue weighted by Crippen LogP contribution is -2.27. The number of hydrogen-bond acceptors (Lipinski definition) is 3. The highest BCUT2D eigenvalue weighted by Crippen LogP contribution is 2.37. The van der Waals surface area contributed by atoms with E-state index >= 15 is 0 Å². The predicted molar refractivity (Wildman–Crippen MR) is 141 cm³/mol. The number of rotatable bonds is 5. The molecule has 0 saturated heterocycles. The fraction of sp³-hybridized carbons (Fsp3) is 0.148. The highest BCUT2D eigenvalue weighted by atomic mass is 127. The third-order valence-electron chi connectivity index (χ3n) is 5.81. The number of carbonyl (C=O) groups excluding carboxylic acids is 1. The molecule has 164 valence electrons. The van der Waals surface area contributed by atoms with Gasteiger partial charge in [-0.25, -0.2) is 4.98 Å². The number of aromatic nitrogens is 2. The Morgan fingerprint density at radius 3 is 2.52 bits per heavy atom. The maximum Gasteiger partial charge on any atom is 0.261 e. The van der Waals surface area contributed by atoms with Gasteiger partial charge in [0.2, 0.25) is 0 Å². The van der Waals surface area contributed by atoms with Gasteiger partial charge in [-0.1, -0.05) is 55.5 Å². The van der Waals surface area contributed by atoms with Gasteiger partial charge in [-0.2, -0.15) is 0 Å². The molecule has 33 heavy (non-hydrogen) atoms. The average molecular weight is 547 g/mol. The molecular weight excluding hydrogens is 525 g/mol. The van der Waals surface area contributed by atoms with Crippen molar-refractivity contribution in [2.24, 2.45) is 0 Å². The van der Waals surface area contributed by atoms with Crippen LogP contribution < -0.4 is 10.5 Å². The van der Waals surface area contributed by atoms with Gasteiger partial charge in [0, 0.05) is 15.7 Å². The van der Waals surface area contributed by atoms with Gasteiger partial charge >= 0.3 is 0 Å². The van der Waals surface area contributed by atoms with E-state index in [4.69, 9.17) is 4.98 Å².